The second-order valence-electron chi connectivity index (χ2n) is 8.75. The molecule has 1 saturated heterocycles. The molecule has 5 atom stereocenters. The van der Waals surface area contributed by atoms with Crippen LogP contribution >= 0.6 is 0 Å². The van der Waals surface area contributed by atoms with Crippen LogP contribution in [-0.2, 0) is 60.8 Å². The quantitative estimate of drug-likeness (QED) is 0.267. The Kier molecular flexibility index (Phi) is 11.7. The minimum absolute atomic E-state index is 0.0249. The van der Waals surface area contributed by atoms with E-state index in [-0.39, 0.29) is 19.8 Å². The Hall–Kier alpha value is -3.31. The molecule has 0 unspecified atom stereocenters. The van der Waals surface area contributed by atoms with E-state index in [4.69, 9.17) is 33.2 Å². The number of carbonyl (C=O) groups is 3. The summed E-state index contributed by atoms with van der Waals surface area (Å²) in [5.41, 5.74) is 1.99. The van der Waals surface area contributed by atoms with Crippen LogP contribution in [0.1, 0.15) is 31.9 Å². The fourth-order valence-electron chi connectivity index (χ4n) is 3.83. The lowest BCUT2D eigenvalue weighted by molar-refractivity contribution is -0.203. The number of benzene rings is 2. The molecule has 1 aliphatic rings. The summed E-state index contributed by atoms with van der Waals surface area (Å²) in [6.07, 6.45) is -4.59. The summed E-state index contributed by atoms with van der Waals surface area (Å²) in [5.74, 6) is -1.75. The SMILES string of the molecule is CC(=O)OC[C@H]1O[C@@H](OC[C@@H](COCc2ccccc2)OCc2ccccc2)[C@H](OC(C)=O)[C@@H]1OC(C)=O. The summed E-state index contributed by atoms with van der Waals surface area (Å²) in [4.78, 5) is 34.9. The van der Waals surface area contributed by atoms with Gasteiger partial charge in [-0.15, -0.1) is 0 Å². The van der Waals surface area contributed by atoms with Crippen LogP contribution in [0, 0.1) is 0 Å². The van der Waals surface area contributed by atoms with E-state index in [1.54, 1.807) is 0 Å². The number of esters is 3. The van der Waals surface area contributed by atoms with Gasteiger partial charge in [0.2, 0.25) is 0 Å². The summed E-state index contributed by atoms with van der Waals surface area (Å²) in [7, 11) is 0. The van der Waals surface area contributed by atoms with E-state index in [0.717, 1.165) is 11.1 Å². The van der Waals surface area contributed by atoms with E-state index in [0.29, 0.717) is 13.2 Å². The van der Waals surface area contributed by atoms with E-state index in [1.807, 2.05) is 60.7 Å². The van der Waals surface area contributed by atoms with Gasteiger partial charge in [0.1, 0.15) is 18.8 Å². The molecule has 0 aliphatic carbocycles. The third-order valence-corrected chi connectivity index (χ3v) is 5.51. The van der Waals surface area contributed by atoms with Gasteiger partial charge in [0.05, 0.1) is 26.4 Å². The highest BCUT2D eigenvalue weighted by Crippen LogP contribution is 2.29. The summed E-state index contributed by atoms with van der Waals surface area (Å²) in [5, 5.41) is 0. The standard InChI is InChI=1S/C28H34O10/c1-19(29)33-18-25-26(36-20(2)30)27(37-21(3)31)28(38-25)35-17-24(34-15-23-12-8-5-9-13-23)16-32-14-22-10-6-4-7-11-22/h4-13,24-28H,14-18H2,1-3H3/t24-,25-,26-,27-,28-/m1/s1. The smallest absolute Gasteiger partial charge is 0.303 e. The lowest BCUT2D eigenvalue weighted by Crippen LogP contribution is -2.42. The largest absolute Gasteiger partial charge is 0.463 e. The van der Waals surface area contributed by atoms with Crippen LogP contribution in [-0.4, -0.2) is 68.4 Å². The molecule has 1 heterocycles. The molecule has 0 spiro atoms. The Balaban J connectivity index is 1.67. The highest BCUT2D eigenvalue weighted by atomic mass is 16.7. The van der Waals surface area contributed by atoms with Gasteiger partial charge in [-0.25, -0.2) is 0 Å². The topological polar surface area (TPSA) is 116 Å². The van der Waals surface area contributed by atoms with Gasteiger partial charge < -0.3 is 33.2 Å². The van der Waals surface area contributed by atoms with Gasteiger partial charge in [-0.3, -0.25) is 14.4 Å². The molecule has 0 aromatic heterocycles. The van der Waals surface area contributed by atoms with Crippen molar-refractivity contribution in [2.45, 2.75) is 64.7 Å². The molecular formula is C28H34O10. The van der Waals surface area contributed by atoms with Gasteiger partial charge in [-0.2, -0.15) is 0 Å². The Labute approximate surface area is 222 Å². The van der Waals surface area contributed by atoms with Crippen molar-refractivity contribution in [2.24, 2.45) is 0 Å². The highest BCUT2D eigenvalue weighted by molar-refractivity contribution is 5.68. The van der Waals surface area contributed by atoms with Crippen LogP contribution in [0.3, 0.4) is 0 Å². The van der Waals surface area contributed by atoms with Crippen molar-refractivity contribution in [3.63, 3.8) is 0 Å². The van der Waals surface area contributed by atoms with Crippen molar-refractivity contribution in [3.8, 4) is 0 Å². The molecular weight excluding hydrogens is 496 g/mol. The molecule has 206 valence electrons. The molecule has 38 heavy (non-hydrogen) atoms. The summed E-state index contributed by atoms with van der Waals surface area (Å²) < 4.78 is 39.6. The zero-order valence-corrected chi connectivity index (χ0v) is 21.8. The zero-order chi connectivity index (χ0) is 27.3. The molecule has 3 rings (SSSR count). The molecule has 10 nitrogen and oxygen atoms in total. The molecule has 0 amide bonds. The average Bonchev–Trinajstić information content (AvgIpc) is 3.20. The lowest BCUT2D eigenvalue weighted by Gasteiger charge is -2.25. The van der Waals surface area contributed by atoms with E-state index >= 15 is 0 Å². The van der Waals surface area contributed by atoms with Crippen molar-refractivity contribution < 1.29 is 47.5 Å². The Morgan fingerprint density at radius 1 is 0.763 bits per heavy atom. The summed E-state index contributed by atoms with van der Waals surface area (Å²) in [6.45, 7) is 4.45. The Morgan fingerprint density at radius 2 is 1.34 bits per heavy atom. The second kappa shape index (κ2) is 15.2. The average molecular weight is 531 g/mol. The summed E-state index contributed by atoms with van der Waals surface area (Å²) in [6, 6.07) is 19.4. The predicted molar refractivity (Wildman–Crippen MR) is 133 cm³/mol. The van der Waals surface area contributed by atoms with Gasteiger partial charge in [-0.1, -0.05) is 60.7 Å². The van der Waals surface area contributed by atoms with Gasteiger partial charge in [0.15, 0.2) is 18.5 Å². The maximum atomic E-state index is 11.8. The van der Waals surface area contributed by atoms with Gasteiger partial charge in [0.25, 0.3) is 0 Å². The van der Waals surface area contributed by atoms with Crippen molar-refractivity contribution in [1.82, 2.24) is 0 Å². The summed E-state index contributed by atoms with van der Waals surface area (Å²) >= 11 is 0. The van der Waals surface area contributed by atoms with E-state index < -0.39 is 48.6 Å². The molecule has 0 bridgehead atoms. The minimum atomic E-state index is -1.10. The Bertz CT molecular complexity index is 1010. The third-order valence-electron chi connectivity index (χ3n) is 5.51. The molecule has 1 aliphatic heterocycles. The van der Waals surface area contributed by atoms with Gasteiger partial charge >= 0.3 is 17.9 Å². The van der Waals surface area contributed by atoms with Crippen molar-refractivity contribution in [2.75, 3.05) is 19.8 Å². The predicted octanol–water partition coefficient (Wildman–Crippen LogP) is 2.96. The molecule has 2 aromatic rings. The van der Waals surface area contributed by atoms with Crippen LogP contribution in [0.4, 0.5) is 0 Å². The number of carbonyl (C=O) groups excluding carboxylic acids is 3. The van der Waals surface area contributed by atoms with Crippen molar-refractivity contribution in [1.29, 1.82) is 0 Å². The number of rotatable bonds is 14. The van der Waals surface area contributed by atoms with Crippen LogP contribution in [0.25, 0.3) is 0 Å². The number of hydrogen-bond donors (Lipinski definition) is 0. The van der Waals surface area contributed by atoms with E-state index in [1.165, 1.54) is 20.8 Å². The van der Waals surface area contributed by atoms with Crippen LogP contribution in [0.5, 0.6) is 0 Å². The molecule has 0 saturated carbocycles. The van der Waals surface area contributed by atoms with Crippen LogP contribution < -0.4 is 0 Å². The first-order chi connectivity index (χ1) is 18.3. The fourth-order valence-corrected chi connectivity index (χ4v) is 3.83. The van der Waals surface area contributed by atoms with E-state index in [2.05, 4.69) is 0 Å². The molecule has 0 N–H and O–H groups in total. The first-order valence-electron chi connectivity index (χ1n) is 12.3. The van der Waals surface area contributed by atoms with E-state index in [9.17, 15) is 14.4 Å². The monoisotopic (exact) mass is 530 g/mol. The normalized spacial score (nSPS) is 21.4. The van der Waals surface area contributed by atoms with Crippen molar-refractivity contribution in [3.05, 3.63) is 71.8 Å². The van der Waals surface area contributed by atoms with Crippen LogP contribution in [0.2, 0.25) is 0 Å². The molecule has 2 aromatic carbocycles. The first kappa shape index (κ1) is 29.2. The second-order valence-corrected chi connectivity index (χ2v) is 8.75. The Morgan fingerprint density at radius 3 is 1.92 bits per heavy atom. The van der Waals surface area contributed by atoms with Crippen molar-refractivity contribution >= 4 is 17.9 Å². The molecule has 0 radical (unpaired) electrons. The maximum absolute atomic E-state index is 11.8. The van der Waals surface area contributed by atoms with Gasteiger partial charge in [0, 0.05) is 20.8 Å². The molecule has 1 fully saturated rings. The number of hydrogen-bond acceptors (Lipinski definition) is 10. The number of ether oxygens (including phenoxy) is 7. The third kappa shape index (κ3) is 9.86. The molecule has 10 heteroatoms. The minimum Gasteiger partial charge on any atom is -0.463 e. The fraction of sp³-hybridized carbons (Fsp3) is 0.464. The van der Waals surface area contributed by atoms with Crippen LogP contribution in [0.15, 0.2) is 60.7 Å². The lowest BCUT2D eigenvalue weighted by atomic mass is 10.1. The van der Waals surface area contributed by atoms with Gasteiger partial charge in [-0.05, 0) is 11.1 Å². The zero-order valence-electron chi connectivity index (χ0n) is 21.8. The first-order valence-corrected chi connectivity index (χ1v) is 12.3. The maximum Gasteiger partial charge on any atom is 0.303 e. The highest BCUT2D eigenvalue weighted by Gasteiger charge is 2.50.